The monoisotopic (exact) mass is 1280 g/mol. The highest BCUT2D eigenvalue weighted by atomic mass is 32.1. The number of H-pyrrole nitrogens is 2. The van der Waals surface area contributed by atoms with Crippen LogP contribution in [0.1, 0.15) is 89.8 Å². The van der Waals surface area contributed by atoms with E-state index in [0.717, 1.165) is 21.8 Å². The second-order valence-electron chi connectivity index (χ2n) is 22.5. The van der Waals surface area contributed by atoms with Gasteiger partial charge in [0, 0.05) is 65.6 Å². The summed E-state index contributed by atoms with van der Waals surface area (Å²) in [6.45, 7) is 7.11. The second-order valence-corrected chi connectivity index (χ2v) is 22.8. The number of aromatic nitrogens is 2. The van der Waals surface area contributed by atoms with E-state index in [4.69, 9.17) is 22.9 Å². The van der Waals surface area contributed by atoms with Crippen LogP contribution >= 0.6 is 12.6 Å². The minimum atomic E-state index is -1.46. The molecule has 5 rings (SSSR count). The average Bonchev–Trinajstić information content (AvgIpc) is 2.22. The van der Waals surface area contributed by atoms with Crippen LogP contribution in [0.5, 0.6) is 0 Å². The Morgan fingerprint density at radius 3 is 1.48 bits per heavy atom. The third-order valence-corrected chi connectivity index (χ3v) is 15.6. The number of fused-ring (bicyclic) bond motifs is 2. The van der Waals surface area contributed by atoms with Crippen LogP contribution < -0.4 is 76.1 Å². The number of carbonyl (C=O) groups is 12. The fourth-order valence-electron chi connectivity index (χ4n) is 9.73. The number of hydrogen-bond donors (Lipinski definition) is 17. The van der Waals surface area contributed by atoms with Crippen LogP contribution in [0.4, 0.5) is 0 Å². The van der Waals surface area contributed by atoms with Gasteiger partial charge in [0.1, 0.15) is 54.4 Å². The van der Waals surface area contributed by atoms with Crippen molar-refractivity contribution in [2.24, 2.45) is 28.9 Å². The molecule has 11 atom stereocenters. The number of primary amides is 2. The lowest BCUT2D eigenvalue weighted by Crippen LogP contribution is -2.60. The summed E-state index contributed by atoms with van der Waals surface area (Å²) in [6, 6.07) is 10.7. The Balaban J connectivity index is 1.27. The van der Waals surface area contributed by atoms with Crippen molar-refractivity contribution < 1.29 is 57.5 Å². The average molecular weight is 1280 g/mol. The third-order valence-electron chi connectivity index (χ3n) is 15.3. The van der Waals surface area contributed by atoms with E-state index in [2.05, 4.69) is 75.8 Å². The Morgan fingerprint density at radius 2 is 0.956 bits per heavy atom. The lowest BCUT2D eigenvalue weighted by Gasteiger charge is -2.28. The van der Waals surface area contributed by atoms with Crippen LogP contribution in [0.15, 0.2) is 91.3 Å². The summed E-state index contributed by atoms with van der Waals surface area (Å²) in [7, 11) is 0. The van der Waals surface area contributed by atoms with E-state index in [0.29, 0.717) is 36.0 Å². The highest BCUT2D eigenvalue weighted by Gasteiger charge is 2.35. The number of para-hydroxylation sites is 2. The molecule has 28 nitrogen and oxygen atoms in total. The Morgan fingerprint density at radius 1 is 0.495 bits per heavy atom. The number of unbranched alkanes of at least 4 members (excludes halogenated alkanes) is 1. The van der Waals surface area contributed by atoms with Gasteiger partial charge in [0.2, 0.25) is 70.9 Å². The SMILES string of the molecule is CC[C@H](C)[C@H](NC(=O)CNC(=O)[C@H](C)NC(=O)[C@H](Cc1c[nH]c2ccccc12)NC(=O)[C@H](Cc1c[nH]c2ccccc12)NC(=O)[C@H](CS)NC(=O)[C@H](C)N)C(=O)N[C@@H](CCCCN)C(=O)N[C@@H](CCC(N)=O)C(=O)N[C@@H](C)C(=O)N[C@@H](Cc1ccccc1)C(N)=O. The predicted molar refractivity (Wildman–Crippen MR) is 343 cm³/mol. The summed E-state index contributed by atoms with van der Waals surface area (Å²) in [6.07, 6.45) is 3.70. The molecule has 0 unspecified atom stereocenters. The molecule has 3 aromatic carbocycles. The number of aromatic amines is 2. The van der Waals surface area contributed by atoms with Gasteiger partial charge in [0.25, 0.3) is 0 Å². The Bertz CT molecular complexity index is 3360. The van der Waals surface area contributed by atoms with E-state index in [-0.39, 0.29) is 50.8 Å². The molecule has 2 aromatic heterocycles. The molecular weight excluding hydrogens is 1190 g/mol. The molecule has 0 saturated heterocycles. The lowest BCUT2D eigenvalue weighted by atomic mass is 9.97. The summed E-state index contributed by atoms with van der Waals surface area (Å²) in [5, 5.41) is 27.5. The first kappa shape index (κ1) is 72.4. The van der Waals surface area contributed by atoms with Gasteiger partial charge in [-0.2, -0.15) is 12.6 Å². The normalized spacial score (nSPS) is 14.8. The standard InChI is InChI=1S/C62H86N16O12S/c1-6-33(2)52(62(90)73-44(22-14-15-25-63)58(86)72-45(23-24-50(65)79)57(85)71-36(5)56(84)74-46(53(66)81)26-37-16-8-7-9-17-37)78-51(80)31-69-55(83)35(4)70-59(87)47(27-38-29-67-42-20-12-10-18-40(38)42)75-60(88)48(28-39-30-68-43-21-13-11-19-41(39)43)76-61(89)49(32-91)77-54(82)34(3)64/h7-13,16-21,29-30,33-36,44-49,52,67-68,91H,6,14-15,22-28,31-32,63-64H2,1-5H3,(H2,65,79)(H2,66,81)(H,69,83)(H,70,87)(H,71,85)(H,72,86)(H,73,90)(H,74,84)(H,75,88)(H,76,89)(H,77,82)(H,78,80)/t33-,34-,35-,36-,44-,45-,46-,47-,48-,49-,52-/m0/s1. The molecule has 0 aliphatic rings. The zero-order chi connectivity index (χ0) is 66.9. The number of thiol groups is 1. The van der Waals surface area contributed by atoms with Crippen molar-refractivity contribution in [2.75, 3.05) is 18.8 Å². The predicted octanol–water partition coefficient (Wildman–Crippen LogP) is -1.60. The van der Waals surface area contributed by atoms with E-state index in [1.807, 2.05) is 42.5 Å². The molecule has 0 radical (unpaired) electrons. The maximum Gasteiger partial charge on any atom is 0.244 e. The number of rotatable bonds is 37. The zero-order valence-electron chi connectivity index (χ0n) is 51.7. The number of nitrogens with two attached hydrogens (primary N) is 4. The Labute approximate surface area is 532 Å². The third kappa shape index (κ3) is 22.3. The Kier molecular flexibility index (Phi) is 28.4. The summed E-state index contributed by atoms with van der Waals surface area (Å²) in [5.41, 5.74) is 26.0. The molecule has 0 spiro atoms. The van der Waals surface area contributed by atoms with Crippen LogP contribution in [0.2, 0.25) is 0 Å². The second kappa shape index (κ2) is 35.7. The number of amides is 12. The zero-order valence-corrected chi connectivity index (χ0v) is 52.5. The number of benzene rings is 3. The molecule has 2 heterocycles. The van der Waals surface area contributed by atoms with Crippen molar-refractivity contribution in [3.05, 3.63) is 108 Å². The van der Waals surface area contributed by atoms with Gasteiger partial charge in [-0.15, -0.1) is 0 Å². The van der Waals surface area contributed by atoms with E-state index in [1.165, 1.54) is 20.8 Å². The van der Waals surface area contributed by atoms with Gasteiger partial charge in [-0.3, -0.25) is 57.5 Å². The topological polar surface area (TPSA) is 461 Å². The van der Waals surface area contributed by atoms with Crippen molar-refractivity contribution in [1.82, 2.24) is 63.1 Å². The fourth-order valence-corrected chi connectivity index (χ4v) is 9.98. The highest BCUT2D eigenvalue weighted by Crippen LogP contribution is 2.22. The number of carbonyl (C=O) groups excluding carboxylic acids is 12. The van der Waals surface area contributed by atoms with Gasteiger partial charge >= 0.3 is 0 Å². The number of nitrogens with one attached hydrogen (secondary N) is 12. The van der Waals surface area contributed by atoms with Gasteiger partial charge in [0.05, 0.1) is 12.6 Å². The van der Waals surface area contributed by atoms with Crippen molar-refractivity contribution in [3.63, 3.8) is 0 Å². The first-order chi connectivity index (χ1) is 43.3. The summed E-state index contributed by atoms with van der Waals surface area (Å²) in [5.74, 6) is -10.3. The van der Waals surface area contributed by atoms with Crippen LogP contribution in [-0.4, -0.2) is 160 Å². The highest BCUT2D eigenvalue weighted by molar-refractivity contribution is 7.80. The van der Waals surface area contributed by atoms with Gasteiger partial charge in [0.15, 0.2) is 0 Å². The quantitative estimate of drug-likeness (QED) is 0.0157. The number of hydrogen-bond acceptors (Lipinski definition) is 15. The first-order valence-corrected chi connectivity index (χ1v) is 30.8. The molecule has 0 saturated carbocycles. The van der Waals surface area contributed by atoms with Crippen LogP contribution in [0, 0.1) is 5.92 Å². The van der Waals surface area contributed by atoms with E-state index in [9.17, 15) is 57.5 Å². The minimum Gasteiger partial charge on any atom is -0.370 e. The molecule has 492 valence electrons. The maximum atomic E-state index is 14.6. The van der Waals surface area contributed by atoms with Crippen molar-refractivity contribution in [3.8, 4) is 0 Å². The smallest absolute Gasteiger partial charge is 0.244 e. The van der Waals surface area contributed by atoms with Gasteiger partial charge in [-0.1, -0.05) is 87.0 Å². The molecule has 91 heavy (non-hydrogen) atoms. The van der Waals surface area contributed by atoms with Crippen LogP contribution in [0.3, 0.4) is 0 Å². The fraction of sp³-hybridized carbons (Fsp3) is 0.452. The summed E-state index contributed by atoms with van der Waals surface area (Å²) < 4.78 is 0. The minimum absolute atomic E-state index is 0.00968. The lowest BCUT2D eigenvalue weighted by molar-refractivity contribution is -0.135. The summed E-state index contributed by atoms with van der Waals surface area (Å²) >= 11 is 4.26. The molecule has 5 aromatic rings. The largest absolute Gasteiger partial charge is 0.370 e. The van der Waals surface area contributed by atoms with Gasteiger partial charge < -0.3 is 86.1 Å². The molecule has 0 aliphatic heterocycles. The molecule has 0 aliphatic carbocycles. The van der Waals surface area contributed by atoms with Crippen molar-refractivity contribution in [1.29, 1.82) is 0 Å². The van der Waals surface area contributed by atoms with Crippen LogP contribution in [-0.2, 0) is 76.8 Å². The maximum absolute atomic E-state index is 14.6. The van der Waals surface area contributed by atoms with E-state index >= 15 is 0 Å². The van der Waals surface area contributed by atoms with Gasteiger partial charge in [-0.05, 0) is 87.7 Å². The molecule has 12 amide bonds. The molecule has 29 heteroatoms. The molecule has 20 N–H and O–H groups in total. The van der Waals surface area contributed by atoms with Gasteiger partial charge in [-0.25, -0.2) is 0 Å². The molecule has 0 bridgehead atoms. The van der Waals surface area contributed by atoms with E-state index < -0.39 is 144 Å². The summed E-state index contributed by atoms with van der Waals surface area (Å²) in [4.78, 5) is 169. The molecule has 0 fully saturated rings. The van der Waals surface area contributed by atoms with Crippen molar-refractivity contribution >= 4 is 105 Å². The van der Waals surface area contributed by atoms with E-state index in [1.54, 1.807) is 62.6 Å². The van der Waals surface area contributed by atoms with Crippen molar-refractivity contribution in [2.45, 2.75) is 153 Å². The Hall–Kier alpha value is -9.35. The van der Waals surface area contributed by atoms with Crippen LogP contribution in [0.25, 0.3) is 21.8 Å². The first-order valence-electron chi connectivity index (χ1n) is 30.1. The molecular formula is C62H86N16O12S.